The molecule has 2 amide bonds. The Balaban J connectivity index is 1.65. The summed E-state index contributed by atoms with van der Waals surface area (Å²) in [6, 6.07) is 18.9. The zero-order chi connectivity index (χ0) is 29.6. The highest BCUT2D eigenvalue weighted by Crippen LogP contribution is 2.37. The van der Waals surface area contributed by atoms with E-state index in [2.05, 4.69) is 10.3 Å². The van der Waals surface area contributed by atoms with Crippen LogP contribution in [0.3, 0.4) is 0 Å². The van der Waals surface area contributed by atoms with Gasteiger partial charge in [0.1, 0.15) is 6.04 Å². The van der Waals surface area contributed by atoms with E-state index >= 15 is 0 Å². The fourth-order valence-corrected chi connectivity index (χ4v) is 5.89. The monoisotopic (exact) mass is 567 g/mol. The molecule has 5 rings (SSSR count). The summed E-state index contributed by atoms with van der Waals surface area (Å²) in [6.45, 7) is 1.47. The number of carbonyl (C=O) groups is 3. The quantitative estimate of drug-likeness (QED) is 0.224. The summed E-state index contributed by atoms with van der Waals surface area (Å²) in [7, 11) is 3.08. The van der Waals surface area contributed by atoms with E-state index in [1.807, 2.05) is 30.5 Å². The minimum Gasteiger partial charge on any atom is -0.493 e. The lowest BCUT2D eigenvalue weighted by Crippen LogP contribution is -2.48. The highest BCUT2D eigenvalue weighted by atomic mass is 16.5. The second-order valence-electron chi connectivity index (χ2n) is 10.7. The fourth-order valence-electron chi connectivity index (χ4n) is 5.89. The van der Waals surface area contributed by atoms with Gasteiger partial charge in [-0.1, -0.05) is 55.7 Å². The molecule has 4 aromatic rings. The first-order chi connectivity index (χ1) is 20.4. The van der Waals surface area contributed by atoms with Crippen molar-refractivity contribution in [2.45, 2.75) is 57.5 Å². The van der Waals surface area contributed by atoms with E-state index in [-0.39, 0.29) is 30.1 Å². The normalized spacial score (nSPS) is 14.3. The van der Waals surface area contributed by atoms with Crippen LogP contribution in [0.15, 0.2) is 72.9 Å². The van der Waals surface area contributed by atoms with Crippen LogP contribution in [0.1, 0.15) is 66.6 Å². The average Bonchev–Trinajstić information content (AvgIpc) is 3.42. The topological polar surface area (TPSA) is 101 Å². The van der Waals surface area contributed by atoms with Crippen LogP contribution in [-0.4, -0.2) is 42.8 Å². The van der Waals surface area contributed by atoms with E-state index in [1.54, 1.807) is 49.6 Å². The van der Waals surface area contributed by atoms with Gasteiger partial charge in [0.15, 0.2) is 17.3 Å². The standard InChI is InChI=1S/C34H37N3O5/c1-22(38)26-13-8-10-16-29(26)37(32(39)20-24-21-35-28-15-9-7-14-27(24)28)33(34(40)36-25-11-5-4-6-12-25)23-17-18-30(41-2)31(19-23)42-3/h7-10,13-19,21,25,33,35H,4-6,11-12,20H2,1-3H3,(H,36,40)/t33-/m0/s1. The molecule has 1 aliphatic carbocycles. The fraction of sp³-hybridized carbons (Fsp3) is 0.324. The maximum absolute atomic E-state index is 14.5. The predicted octanol–water partition coefficient (Wildman–Crippen LogP) is 6.15. The third-order valence-corrected chi connectivity index (χ3v) is 8.01. The zero-order valence-corrected chi connectivity index (χ0v) is 24.3. The summed E-state index contributed by atoms with van der Waals surface area (Å²) in [5.41, 5.74) is 3.02. The smallest absolute Gasteiger partial charge is 0.248 e. The Morgan fingerprint density at radius 3 is 2.38 bits per heavy atom. The molecule has 0 bridgehead atoms. The van der Waals surface area contributed by atoms with Crippen LogP contribution in [0.25, 0.3) is 10.9 Å². The summed E-state index contributed by atoms with van der Waals surface area (Å²) in [6.07, 6.45) is 6.86. The van der Waals surface area contributed by atoms with Crippen LogP contribution in [0, 0.1) is 0 Å². The highest BCUT2D eigenvalue weighted by Gasteiger charge is 2.36. The lowest BCUT2D eigenvalue weighted by molar-refractivity contribution is -0.127. The molecule has 1 atom stereocenters. The summed E-state index contributed by atoms with van der Waals surface area (Å²) in [5, 5.41) is 4.16. The number of nitrogens with one attached hydrogen (secondary N) is 2. The number of hydrogen-bond acceptors (Lipinski definition) is 5. The van der Waals surface area contributed by atoms with Crippen molar-refractivity contribution in [3.05, 3.63) is 89.6 Å². The SMILES string of the molecule is COc1ccc([C@@H](C(=O)NC2CCCCC2)N(C(=O)Cc2c[nH]c3ccccc23)c2ccccc2C(C)=O)cc1OC. The van der Waals surface area contributed by atoms with Crippen LogP contribution in [-0.2, 0) is 16.0 Å². The number of aromatic amines is 1. The third kappa shape index (κ3) is 6.03. The van der Waals surface area contributed by atoms with Crippen LogP contribution in [0.5, 0.6) is 11.5 Å². The maximum Gasteiger partial charge on any atom is 0.248 e. The summed E-state index contributed by atoms with van der Waals surface area (Å²) in [5.74, 6) is 0.129. The van der Waals surface area contributed by atoms with Crippen molar-refractivity contribution in [1.82, 2.24) is 10.3 Å². The number of rotatable bonds is 10. The van der Waals surface area contributed by atoms with E-state index < -0.39 is 6.04 Å². The van der Waals surface area contributed by atoms with Crippen LogP contribution in [0.2, 0.25) is 0 Å². The molecule has 8 nitrogen and oxygen atoms in total. The molecule has 0 spiro atoms. The number of para-hydroxylation sites is 2. The van der Waals surface area contributed by atoms with Gasteiger partial charge in [0.05, 0.1) is 26.3 Å². The molecule has 1 aromatic heterocycles. The molecule has 8 heteroatoms. The van der Waals surface area contributed by atoms with E-state index in [0.717, 1.165) is 48.6 Å². The van der Waals surface area contributed by atoms with Gasteiger partial charge < -0.3 is 19.8 Å². The number of carbonyl (C=O) groups excluding carboxylic acids is 3. The molecule has 218 valence electrons. The van der Waals surface area contributed by atoms with Crippen molar-refractivity contribution >= 4 is 34.2 Å². The summed E-state index contributed by atoms with van der Waals surface area (Å²) >= 11 is 0. The Hall–Kier alpha value is -4.59. The third-order valence-electron chi connectivity index (χ3n) is 8.01. The lowest BCUT2D eigenvalue weighted by Gasteiger charge is -2.34. The number of amides is 2. The van der Waals surface area contributed by atoms with Gasteiger partial charge in [0.2, 0.25) is 11.8 Å². The minimum absolute atomic E-state index is 0.0162. The van der Waals surface area contributed by atoms with Crippen molar-refractivity contribution in [3.63, 3.8) is 0 Å². The maximum atomic E-state index is 14.5. The molecule has 0 unspecified atom stereocenters. The largest absolute Gasteiger partial charge is 0.493 e. The molecule has 1 saturated carbocycles. The Labute approximate surface area is 246 Å². The van der Waals surface area contributed by atoms with Gasteiger partial charge in [0, 0.05) is 28.7 Å². The number of aromatic nitrogens is 1. The molecule has 0 aliphatic heterocycles. The van der Waals surface area contributed by atoms with Gasteiger partial charge in [-0.2, -0.15) is 0 Å². The highest BCUT2D eigenvalue weighted by molar-refractivity contribution is 6.09. The van der Waals surface area contributed by atoms with Crippen molar-refractivity contribution in [2.24, 2.45) is 0 Å². The van der Waals surface area contributed by atoms with Crippen molar-refractivity contribution in [2.75, 3.05) is 19.1 Å². The molecule has 1 heterocycles. The molecule has 3 aromatic carbocycles. The van der Waals surface area contributed by atoms with Crippen molar-refractivity contribution in [3.8, 4) is 11.5 Å². The molecule has 42 heavy (non-hydrogen) atoms. The number of benzene rings is 3. The second-order valence-corrected chi connectivity index (χ2v) is 10.7. The number of H-pyrrole nitrogens is 1. The van der Waals surface area contributed by atoms with Gasteiger partial charge in [-0.15, -0.1) is 0 Å². The van der Waals surface area contributed by atoms with Crippen LogP contribution in [0.4, 0.5) is 5.69 Å². The number of ketones is 1. The number of hydrogen-bond donors (Lipinski definition) is 2. The number of ether oxygens (including phenoxy) is 2. The first kappa shape index (κ1) is 28.9. The van der Waals surface area contributed by atoms with Crippen molar-refractivity contribution in [1.29, 1.82) is 0 Å². The van der Waals surface area contributed by atoms with Gasteiger partial charge in [-0.25, -0.2) is 0 Å². The molecular formula is C34H37N3O5. The predicted molar refractivity (Wildman–Crippen MR) is 163 cm³/mol. The zero-order valence-electron chi connectivity index (χ0n) is 24.3. The second kappa shape index (κ2) is 12.9. The summed E-state index contributed by atoms with van der Waals surface area (Å²) in [4.78, 5) is 46.3. The molecule has 2 N–H and O–H groups in total. The molecule has 1 aliphatic rings. The van der Waals surface area contributed by atoms with Crippen LogP contribution < -0.4 is 19.7 Å². The number of nitrogens with zero attached hydrogens (tertiary/aromatic N) is 1. The lowest BCUT2D eigenvalue weighted by atomic mass is 9.94. The average molecular weight is 568 g/mol. The number of anilines is 1. The summed E-state index contributed by atoms with van der Waals surface area (Å²) < 4.78 is 11.0. The minimum atomic E-state index is -1.06. The van der Waals surface area contributed by atoms with E-state index in [0.29, 0.717) is 28.3 Å². The number of fused-ring (bicyclic) bond motifs is 1. The Morgan fingerprint density at radius 1 is 0.929 bits per heavy atom. The first-order valence-corrected chi connectivity index (χ1v) is 14.4. The molecule has 1 fully saturated rings. The molecular weight excluding hydrogens is 530 g/mol. The Kier molecular flexibility index (Phi) is 8.91. The molecule has 0 radical (unpaired) electrons. The molecule has 0 saturated heterocycles. The number of methoxy groups -OCH3 is 2. The van der Waals surface area contributed by atoms with E-state index in [9.17, 15) is 14.4 Å². The van der Waals surface area contributed by atoms with Gasteiger partial charge in [-0.3, -0.25) is 19.3 Å². The van der Waals surface area contributed by atoms with Crippen LogP contribution >= 0.6 is 0 Å². The Bertz CT molecular complexity index is 1590. The van der Waals surface area contributed by atoms with Crippen molar-refractivity contribution < 1.29 is 23.9 Å². The Morgan fingerprint density at radius 2 is 1.64 bits per heavy atom. The van der Waals surface area contributed by atoms with Gasteiger partial charge in [-0.05, 0) is 61.2 Å². The van der Waals surface area contributed by atoms with Gasteiger partial charge in [0.25, 0.3) is 0 Å². The van der Waals surface area contributed by atoms with Gasteiger partial charge >= 0.3 is 0 Å². The van der Waals surface area contributed by atoms with E-state index in [4.69, 9.17) is 9.47 Å². The van der Waals surface area contributed by atoms with E-state index in [1.165, 1.54) is 18.9 Å². The number of Topliss-reactive ketones (excluding diaryl/α,β-unsaturated/α-hetero) is 1. The first-order valence-electron chi connectivity index (χ1n) is 14.4.